The summed E-state index contributed by atoms with van der Waals surface area (Å²) in [5, 5.41) is 6.11. The van der Waals surface area contributed by atoms with E-state index in [-0.39, 0.29) is 17.8 Å². The maximum Gasteiger partial charge on any atom is 0.310 e. The van der Waals surface area contributed by atoms with Gasteiger partial charge in [0.2, 0.25) is 0 Å². The molecule has 1 amide bonds. The maximum atomic E-state index is 12.1. The minimum absolute atomic E-state index is 0.0655. The molecule has 28 heavy (non-hydrogen) atoms. The first-order valence-electron chi connectivity index (χ1n) is 10.2. The second-order valence-corrected chi connectivity index (χ2v) is 6.76. The van der Waals surface area contributed by atoms with Crippen molar-refractivity contribution in [3.05, 3.63) is 35.4 Å². The molecule has 2 N–H and O–H groups in total. The molecule has 0 aromatic heterocycles. The average Bonchev–Trinajstić information content (AvgIpc) is 2.72. The Morgan fingerprint density at radius 2 is 1.86 bits per heavy atom. The van der Waals surface area contributed by atoms with Gasteiger partial charge in [-0.3, -0.25) is 9.59 Å². The Kier molecular flexibility index (Phi) is 8.78. The number of esters is 1. The number of likely N-dealkylation sites (tertiary alicyclic amines) is 1. The van der Waals surface area contributed by atoms with Crippen molar-refractivity contribution in [1.82, 2.24) is 15.5 Å². The van der Waals surface area contributed by atoms with E-state index in [0.717, 1.165) is 37.5 Å². The van der Waals surface area contributed by atoms with Crippen molar-refractivity contribution < 1.29 is 14.3 Å². The minimum atomic E-state index is -0.121. The number of benzene rings is 1. The number of hydrogen-bond acceptors (Lipinski definition) is 4. The highest BCUT2D eigenvalue weighted by Crippen LogP contribution is 2.18. The van der Waals surface area contributed by atoms with Crippen LogP contribution in [0.4, 0.5) is 0 Å². The zero-order valence-electron chi connectivity index (χ0n) is 17.2. The van der Waals surface area contributed by atoms with Crippen LogP contribution in [0.15, 0.2) is 29.3 Å². The van der Waals surface area contributed by atoms with E-state index in [4.69, 9.17) is 9.73 Å². The van der Waals surface area contributed by atoms with E-state index >= 15 is 0 Å². The van der Waals surface area contributed by atoms with Gasteiger partial charge in [-0.15, -0.1) is 0 Å². The maximum absolute atomic E-state index is 12.1. The zero-order valence-corrected chi connectivity index (χ0v) is 17.2. The molecule has 0 aliphatic carbocycles. The predicted molar refractivity (Wildman–Crippen MR) is 110 cm³/mol. The Labute approximate surface area is 167 Å². The molecule has 1 atom stereocenters. The third kappa shape index (κ3) is 6.25. The van der Waals surface area contributed by atoms with Crippen LogP contribution in [0.1, 0.15) is 49.5 Å². The zero-order chi connectivity index (χ0) is 20.4. The van der Waals surface area contributed by atoms with Gasteiger partial charge in [0, 0.05) is 31.7 Å². The van der Waals surface area contributed by atoms with Gasteiger partial charge in [0.25, 0.3) is 5.91 Å². The number of nitrogens with zero attached hydrogens (tertiary/aromatic N) is 2. The van der Waals surface area contributed by atoms with Crippen LogP contribution in [-0.2, 0) is 16.1 Å². The summed E-state index contributed by atoms with van der Waals surface area (Å²) >= 11 is 0. The number of piperidine rings is 1. The first-order valence-corrected chi connectivity index (χ1v) is 10.2. The number of hydrogen-bond donors (Lipinski definition) is 2. The summed E-state index contributed by atoms with van der Waals surface area (Å²) in [5.74, 6) is 0.520. The smallest absolute Gasteiger partial charge is 0.310 e. The second kappa shape index (κ2) is 11.3. The van der Waals surface area contributed by atoms with Crippen LogP contribution in [0.3, 0.4) is 0 Å². The largest absolute Gasteiger partial charge is 0.466 e. The first-order chi connectivity index (χ1) is 13.6. The number of guanidine groups is 1. The van der Waals surface area contributed by atoms with E-state index in [1.165, 1.54) is 0 Å². The van der Waals surface area contributed by atoms with Crippen LogP contribution in [0.25, 0.3) is 0 Å². The molecule has 1 unspecified atom stereocenters. The minimum Gasteiger partial charge on any atom is -0.466 e. The Bertz CT molecular complexity index is 673. The third-order valence-electron chi connectivity index (χ3n) is 4.64. The van der Waals surface area contributed by atoms with Crippen LogP contribution < -0.4 is 10.6 Å². The van der Waals surface area contributed by atoms with Crippen molar-refractivity contribution in [1.29, 1.82) is 0 Å². The van der Waals surface area contributed by atoms with Gasteiger partial charge >= 0.3 is 5.97 Å². The molecular formula is C21H32N4O3. The van der Waals surface area contributed by atoms with E-state index in [0.29, 0.717) is 31.8 Å². The fraction of sp³-hybridized carbons (Fsp3) is 0.571. The van der Waals surface area contributed by atoms with E-state index in [1.807, 2.05) is 45.0 Å². The molecule has 1 heterocycles. The molecule has 1 aliphatic heterocycles. The summed E-state index contributed by atoms with van der Waals surface area (Å²) < 4.78 is 5.19. The lowest BCUT2D eigenvalue weighted by Gasteiger charge is -2.34. The Morgan fingerprint density at radius 3 is 2.50 bits per heavy atom. The standard InChI is InChI=1S/C21H32N4O3/c1-4-22-19(26)17-11-9-16(10-12-17)14-24-21(23-5-2)25-13-7-8-18(15-25)20(27)28-6-3/h9-12,18H,4-8,13-15H2,1-3H3,(H,22,26)(H,23,24). The summed E-state index contributed by atoms with van der Waals surface area (Å²) in [4.78, 5) is 30.8. The number of rotatable bonds is 7. The van der Waals surface area contributed by atoms with Crippen LogP contribution in [-0.4, -0.2) is 55.5 Å². The predicted octanol–water partition coefficient (Wildman–Crippen LogP) is 2.18. The lowest BCUT2D eigenvalue weighted by atomic mass is 9.98. The number of carbonyl (C=O) groups excluding carboxylic acids is 2. The van der Waals surface area contributed by atoms with Gasteiger partial charge in [0.05, 0.1) is 19.1 Å². The average molecular weight is 389 g/mol. The van der Waals surface area contributed by atoms with Gasteiger partial charge < -0.3 is 20.3 Å². The van der Waals surface area contributed by atoms with E-state index < -0.39 is 0 Å². The highest BCUT2D eigenvalue weighted by atomic mass is 16.5. The van der Waals surface area contributed by atoms with Crippen molar-refractivity contribution in [3.8, 4) is 0 Å². The summed E-state index contributed by atoms with van der Waals surface area (Å²) in [5.41, 5.74) is 1.68. The monoisotopic (exact) mass is 388 g/mol. The molecule has 1 aromatic carbocycles. The Balaban J connectivity index is 2.03. The number of nitrogens with one attached hydrogen (secondary N) is 2. The van der Waals surface area contributed by atoms with Crippen LogP contribution in [0.2, 0.25) is 0 Å². The molecule has 1 saturated heterocycles. The van der Waals surface area contributed by atoms with E-state index in [9.17, 15) is 9.59 Å². The SMILES string of the molecule is CCNC(=O)c1ccc(CN=C(NCC)N2CCCC(C(=O)OCC)C2)cc1. The fourth-order valence-electron chi connectivity index (χ4n) is 3.24. The number of aliphatic imine (C=N–C) groups is 1. The summed E-state index contributed by atoms with van der Waals surface area (Å²) in [6, 6.07) is 7.49. The molecule has 1 aromatic rings. The molecule has 1 fully saturated rings. The highest BCUT2D eigenvalue weighted by molar-refractivity contribution is 5.94. The van der Waals surface area contributed by atoms with Crippen molar-refractivity contribution in [3.63, 3.8) is 0 Å². The van der Waals surface area contributed by atoms with Crippen molar-refractivity contribution in [2.45, 2.75) is 40.2 Å². The van der Waals surface area contributed by atoms with Gasteiger partial charge in [-0.2, -0.15) is 0 Å². The van der Waals surface area contributed by atoms with Gasteiger partial charge in [-0.1, -0.05) is 12.1 Å². The van der Waals surface area contributed by atoms with Crippen molar-refractivity contribution in [2.24, 2.45) is 10.9 Å². The molecule has 2 rings (SSSR count). The fourth-order valence-corrected chi connectivity index (χ4v) is 3.24. The van der Waals surface area contributed by atoms with E-state index in [2.05, 4.69) is 15.5 Å². The van der Waals surface area contributed by atoms with Crippen LogP contribution in [0.5, 0.6) is 0 Å². The number of carbonyl (C=O) groups is 2. The van der Waals surface area contributed by atoms with Crippen molar-refractivity contribution >= 4 is 17.8 Å². The first kappa shape index (κ1) is 21.7. The molecule has 7 nitrogen and oxygen atoms in total. The molecule has 1 aliphatic rings. The molecule has 0 bridgehead atoms. The molecular weight excluding hydrogens is 356 g/mol. The number of ether oxygens (including phenoxy) is 1. The molecule has 0 radical (unpaired) electrons. The number of amides is 1. The normalized spacial score (nSPS) is 17.2. The lowest BCUT2D eigenvalue weighted by Crippen LogP contribution is -2.48. The summed E-state index contributed by atoms with van der Waals surface area (Å²) in [7, 11) is 0. The van der Waals surface area contributed by atoms with Gasteiger partial charge in [0.1, 0.15) is 0 Å². The molecule has 0 spiro atoms. The van der Waals surface area contributed by atoms with Gasteiger partial charge in [-0.25, -0.2) is 4.99 Å². The van der Waals surface area contributed by atoms with E-state index in [1.54, 1.807) is 0 Å². The van der Waals surface area contributed by atoms with Crippen LogP contribution in [0, 0.1) is 5.92 Å². The topological polar surface area (TPSA) is 83.0 Å². The van der Waals surface area contributed by atoms with Gasteiger partial charge in [0.15, 0.2) is 5.96 Å². The Morgan fingerprint density at radius 1 is 1.14 bits per heavy atom. The van der Waals surface area contributed by atoms with Crippen LogP contribution >= 0.6 is 0 Å². The quantitative estimate of drug-likeness (QED) is 0.425. The van der Waals surface area contributed by atoms with Crippen molar-refractivity contribution in [2.75, 3.05) is 32.8 Å². The third-order valence-corrected chi connectivity index (χ3v) is 4.64. The molecule has 0 saturated carbocycles. The highest BCUT2D eigenvalue weighted by Gasteiger charge is 2.28. The second-order valence-electron chi connectivity index (χ2n) is 6.76. The molecule has 7 heteroatoms. The lowest BCUT2D eigenvalue weighted by molar-refractivity contribution is -0.149. The Hall–Kier alpha value is -2.57. The molecule has 154 valence electrons. The summed E-state index contributed by atoms with van der Waals surface area (Å²) in [6.07, 6.45) is 1.80. The van der Waals surface area contributed by atoms with Gasteiger partial charge in [-0.05, 0) is 51.3 Å². The summed E-state index contributed by atoms with van der Waals surface area (Å²) in [6.45, 7) is 9.56.